The van der Waals surface area contributed by atoms with Crippen LogP contribution in [0.25, 0.3) is 52.2 Å². The lowest BCUT2D eigenvalue weighted by atomic mass is 9.65. The molecule has 0 saturated carbocycles. The van der Waals surface area contributed by atoms with Crippen LogP contribution in [0, 0.1) is 13.8 Å². The maximum Gasteiger partial charge on any atom is 0.118 e. The van der Waals surface area contributed by atoms with Gasteiger partial charge in [-0.25, -0.2) is 0 Å². The zero-order valence-electron chi connectivity index (χ0n) is 25.9. The molecular weight excluding hydrogens is 613 g/mol. The average molecular weight is 643 g/mol. The Morgan fingerprint density at radius 1 is 0.447 bits per heavy atom. The van der Waals surface area contributed by atoms with Crippen molar-refractivity contribution in [2.75, 3.05) is 0 Å². The van der Waals surface area contributed by atoms with Gasteiger partial charge in [-0.05, 0) is 117 Å². The molecular formula is C43H30O2S2. The second kappa shape index (κ2) is 10.4. The van der Waals surface area contributed by atoms with Crippen molar-refractivity contribution in [3.63, 3.8) is 0 Å². The maximum absolute atomic E-state index is 10.8. The van der Waals surface area contributed by atoms with Gasteiger partial charge < -0.3 is 10.2 Å². The number of rotatable bonds is 4. The van der Waals surface area contributed by atoms with Crippen molar-refractivity contribution in [3.05, 3.63) is 167 Å². The predicted molar refractivity (Wildman–Crippen MR) is 198 cm³/mol. The lowest BCUT2D eigenvalue weighted by Gasteiger charge is -2.37. The molecule has 2 N–H and O–H groups in total. The van der Waals surface area contributed by atoms with Crippen molar-refractivity contribution in [3.8, 4) is 43.5 Å². The summed E-state index contributed by atoms with van der Waals surface area (Å²) in [5.74, 6) is 0.555. The fraction of sp³-hybridized carbons (Fsp3) is 0.0698. The SMILES string of the molecule is Cc1cc(C2(c3ccc(O)c(C)c3)c3c(-c4cc5ccccc5s4)cccc3-c3cccc(-c4cc5ccccc5s4)c32)ccc1O. The first kappa shape index (κ1) is 28.1. The number of thiophene rings is 2. The molecule has 0 spiro atoms. The number of phenolic OH excluding ortho intramolecular Hbond substituents is 2. The lowest BCUT2D eigenvalue weighted by molar-refractivity contribution is 0.470. The first-order valence-corrected chi connectivity index (χ1v) is 17.4. The normalized spacial score (nSPS) is 13.2. The third-order valence-electron chi connectivity index (χ3n) is 9.81. The largest absolute Gasteiger partial charge is 0.508 e. The van der Waals surface area contributed by atoms with Gasteiger partial charge in [-0.3, -0.25) is 0 Å². The van der Waals surface area contributed by atoms with E-state index in [1.54, 1.807) is 0 Å². The molecule has 2 nitrogen and oxygen atoms in total. The van der Waals surface area contributed by atoms with Gasteiger partial charge in [-0.2, -0.15) is 0 Å². The zero-order chi connectivity index (χ0) is 31.9. The van der Waals surface area contributed by atoms with Crippen molar-refractivity contribution in [1.82, 2.24) is 0 Å². The zero-order valence-corrected chi connectivity index (χ0v) is 27.5. The van der Waals surface area contributed by atoms with Crippen LogP contribution >= 0.6 is 22.7 Å². The van der Waals surface area contributed by atoms with Crippen molar-refractivity contribution >= 4 is 42.8 Å². The number of fused-ring (bicyclic) bond motifs is 5. The molecule has 1 aliphatic rings. The third kappa shape index (κ3) is 4.08. The molecule has 0 bridgehead atoms. The van der Waals surface area contributed by atoms with Crippen LogP contribution in [0.2, 0.25) is 0 Å². The summed E-state index contributed by atoms with van der Waals surface area (Å²) in [5.41, 5.74) is 10.3. The van der Waals surface area contributed by atoms with Gasteiger partial charge in [0.2, 0.25) is 0 Å². The fourth-order valence-corrected chi connectivity index (χ4v) is 9.84. The predicted octanol–water partition coefficient (Wildman–Crippen LogP) is 11.8. The highest BCUT2D eigenvalue weighted by atomic mass is 32.1. The van der Waals surface area contributed by atoms with E-state index in [0.29, 0.717) is 0 Å². The van der Waals surface area contributed by atoms with E-state index >= 15 is 0 Å². The van der Waals surface area contributed by atoms with Crippen LogP contribution in [-0.2, 0) is 5.41 Å². The second-order valence-electron chi connectivity index (χ2n) is 12.5. The first-order chi connectivity index (χ1) is 22.9. The minimum Gasteiger partial charge on any atom is -0.508 e. The van der Waals surface area contributed by atoms with Crippen LogP contribution in [0.1, 0.15) is 33.4 Å². The molecule has 47 heavy (non-hydrogen) atoms. The molecule has 0 amide bonds. The summed E-state index contributed by atoms with van der Waals surface area (Å²) in [5, 5.41) is 24.1. The van der Waals surface area contributed by atoms with Gasteiger partial charge in [0.05, 0.1) is 5.41 Å². The highest BCUT2D eigenvalue weighted by Gasteiger charge is 2.49. The molecule has 9 rings (SSSR count). The lowest BCUT2D eigenvalue weighted by Crippen LogP contribution is -2.30. The van der Waals surface area contributed by atoms with Gasteiger partial charge in [0.1, 0.15) is 11.5 Å². The molecule has 1 aliphatic carbocycles. The molecule has 0 saturated heterocycles. The Balaban J connectivity index is 1.48. The Kier molecular flexibility index (Phi) is 6.23. The highest BCUT2D eigenvalue weighted by molar-refractivity contribution is 7.22. The van der Waals surface area contributed by atoms with E-state index in [2.05, 4.69) is 121 Å². The van der Waals surface area contributed by atoms with E-state index in [9.17, 15) is 10.2 Å². The van der Waals surface area contributed by atoms with E-state index in [0.717, 1.165) is 22.3 Å². The Labute approximate surface area is 281 Å². The average Bonchev–Trinajstić information content (AvgIpc) is 3.80. The molecule has 0 unspecified atom stereocenters. The highest BCUT2D eigenvalue weighted by Crippen LogP contribution is 2.62. The number of benzene rings is 6. The summed E-state index contributed by atoms with van der Waals surface area (Å²) >= 11 is 3.65. The summed E-state index contributed by atoms with van der Waals surface area (Å²) in [4.78, 5) is 2.43. The van der Waals surface area contributed by atoms with Crippen molar-refractivity contribution in [2.45, 2.75) is 19.3 Å². The summed E-state index contributed by atoms with van der Waals surface area (Å²) in [6.07, 6.45) is 0. The van der Waals surface area contributed by atoms with Crippen molar-refractivity contribution in [2.24, 2.45) is 0 Å². The van der Waals surface area contributed by atoms with E-state index in [-0.39, 0.29) is 11.5 Å². The Hall–Kier alpha value is -5.16. The minimum absolute atomic E-state index is 0.278. The van der Waals surface area contributed by atoms with Gasteiger partial charge in [-0.15, -0.1) is 22.7 Å². The molecule has 226 valence electrons. The van der Waals surface area contributed by atoms with Gasteiger partial charge in [0.15, 0.2) is 0 Å². The van der Waals surface area contributed by atoms with Crippen molar-refractivity contribution in [1.29, 1.82) is 0 Å². The molecule has 8 aromatic rings. The Morgan fingerprint density at radius 2 is 0.872 bits per heavy atom. The van der Waals surface area contributed by atoms with Gasteiger partial charge in [0, 0.05) is 19.2 Å². The van der Waals surface area contributed by atoms with E-state index in [1.807, 2.05) is 48.7 Å². The standard InChI is InChI=1S/C43H30O2S2/c1-25-21-29(17-19-35(25)44)43(30-18-20-36(45)26(2)22-30)41-31(11-7-13-33(41)39-23-27-9-3-5-15-37(27)46-39)32-12-8-14-34(42(32)43)40-24-28-10-4-6-16-38(28)47-40/h3-24,44-45H,1-2H3. The number of hydrogen-bond acceptors (Lipinski definition) is 4. The Morgan fingerprint density at radius 3 is 1.30 bits per heavy atom. The Bertz CT molecular complexity index is 2290. The quantitative estimate of drug-likeness (QED) is 0.201. The van der Waals surface area contributed by atoms with Gasteiger partial charge in [0.25, 0.3) is 0 Å². The number of hydrogen-bond donors (Lipinski definition) is 2. The topological polar surface area (TPSA) is 40.5 Å². The number of aryl methyl sites for hydroxylation is 2. The van der Waals surface area contributed by atoms with E-state index in [4.69, 9.17) is 0 Å². The summed E-state index contributed by atoms with van der Waals surface area (Å²) in [6, 6.07) is 47.4. The van der Waals surface area contributed by atoms with Gasteiger partial charge in [-0.1, -0.05) is 97.1 Å². The third-order valence-corrected chi connectivity index (χ3v) is 12.1. The fourth-order valence-electron chi connectivity index (χ4n) is 7.65. The summed E-state index contributed by atoms with van der Waals surface area (Å²) in [7, 11) is 0. The first-order valence-electron chi connectivity index (χ1n) is 15.8. The number of aromatic hydroxyl groups is 2. The second-order valence-corrected chi connectivity index (χ2v) is 14.7. The molecule has 0 atom stereocenters. The smallest absolute Gasteiger partial charge is 0.118 e. The van der Waals surface area contributed by atoms with Crippen LogP contribution in [-0.4, -0.2) is 10.2 Å². The molecule has 2 aromatic heterocycles. The molecule has 0 aliphatic heterocycles. The molecule has 0 fully saturated rings. The van der Waals surface area contributed by atoms with Crippen LogP contribution in [0.5, 0.6) is 11.5 Å². The molecule has 6 aromatic carbocycles. The minimum atomic E-state index is -0.749. The van der Waals surface area contributed by atoms with Crippen LogP contribution < -0.4 is 0 Å². The summed E-state index contributed by atoms with van der Waals surface area (Å²) in [6.45, 7) is 3.95. The van der Waals surface area contributed by atoms with Crippen LogP contribution in [0.3, 0.4) is 0 Å². The number of phenols is 2. The van der Waals surface area contributed by atoms with E-state index < -0.39 is 5.41 Å². The van der Waals surface area contributed by atoms with Crippen LogP contribution in [0.15, 0.2) is 133 Å². The molecule has 4 heteroatoms. The monoisotopic (exact) mass is 642 g/mol. The van der Waals surface area contributed by atoms with Crippen molar-refractivity contribution < 1.29 is 10.2 Å². The van der Waals surface area contributed by atoms with E-state index in [1.165, 1.54) is 63.3 Å². The van der Waals surface area contributed by atoms with Gasteiger partial charge >= 0.3 is 0 Å². The summed E-state index contributed by atoms with van der Waals surface area (Å²) < 4.78 is 2.52. The molecule has 0 radical (unpaired) electrons. The van der Waals surface area contributed by atoms with Crippen LogP contribution in [0.4, 0.5) is 0 Å². The maximum atomic E-state index is 10.8. The molecule has 2 heterocycles.